The fraction of sp³-hybridized carbons (Fsp3) is 0.467. The molecule has 22 heavy (non-hydrogen) atoms. The molecule has 0 radical (unpaired) electrons. The topological polar surface area (TPSA) is 89.7 Å². The fourth-order valence-electron chi connectivity index (χ4n) is 1.98. The minimum Gasteiger partial charge on any atom is -0.466 e. The Labute approximate surface area is 129 Å². The number of ether oxygens (including phenoxy) is 1. The van der Waals surface area contributed by atoms with E-state index in [-0.39, 0.29) is 23.6 Å². The molecule has 0 fully saturated rings. The molecule has 0 spiro atoms. The van der Waals surface area contributed by atoms with Crippen LogP contribution in [0.1, 0.15) is 35.7 Å². The van der Waals surface area contributed by atoms with Crippen LogP contribution in [0.3, 0.4) is 0 Å². The molecule has 0 unspecified atom stereocenters. The number of nitro groups is 1. The van der Waals surface area contributed by atoms with Gasteiger partial charge >= 0.3 is 5.97 Å². The summed E-state index contributed by atoms with van der Waals surface area (Å²) in [5, 5.41) is 11.0. The molecule has 1 aromatic carbocycles. The standard InChI is InChI=1S/C15H20N2O5/c1-4-22-14(18)7-5-6-11-8-9-13(17(20)21)12(10-11)15(19)16(2)3/h8-10H,4-7H2,1-3H3. The SMILES string of the molecule is CCOC(=O)CCCc1ccc([N+](=O)[O-])c(C(=O)N(C)C)c1. The van der Waals surface area contributed by atoms with Gasteiger partial charge in [-0.1, -0.05) is 6.07 Å². The molecular formula is C15H20N2O5. The second-order valence-corrected chi connectivity index (χ2v) is 4.97. The summed E-state index contributed by atoms with van der Waals surface area (Å²) >= 11 is 0. The minimum atomic E-state index is -0.570. The number of esters is 1. The van der Waals surface area contributed by atoms with Crippen molar-refractivity contribution < 1.29 is 19.2 Å². The fourth-order valence-corrected chi connectivity index (χ4v) is 1.98. The van der Waals surface area contributed by atoms with E-state index in [2.05, 4.69) is 0 Å². The zero-order chi connectivity index (χ0) is 16.7. The Morgan fingerprint density at radius 3 is 2.55 bits per heavy atom. The second-order valence-electron chi connectivity index (χ2n) is 4.97. The van der Waals surface area contributed by atoms with Gasteiger partial charge in [-0.15, -0.1) is 0 Å². The average Bonchev–Trinajstić information content (AvgIpc) is 2.46. The maximum atomic E-state index is 12.0. The Kier molecular flexibility index (Phi) is 6.49. The molecular weight excluding hydrogens is 288 g/mol. The van der Waals surface area contributed by atoms with E-state index >= 15 is 0 Å². The van der Waals surface area contributed by atoms with E-state index in [1.54, 1.807) is 27.1 Å². The summed E-state index contributed by atoms with van der Waals surface area (Å²) in [7, 11) is 3.08. The van der Waals surface area contributed by atoms with Gasteiger partial charge in [-0.3, -0.25) is 19.7 Å². The predicted octanol–water partition coefficient (Wildman–Crippen LogP) is 2.18. The Hall–Kier alpha value is -2.44. The summed E-state index contributed by atoms with van der Waals surface area (Å²) in [6, 6.07) is 4.46. The van der Waals surface area contributed by atoms with Gasteiger partial charge in [-0.25, -0.2) is 0 Å². The van der Waals surface area contributed by atoms with Gasteiger partial charge in [0.2, 0.25) is 0 Å². The summed E-state index contributed by atoms with van der Waals surface area (Å²) in [5.41, 5.74) is 0.622. The molecule has 0 aliphatic heterocycles. The van der Waals surface area contributed by atoms with Gasteiger partial charge in [0.1, 0.15) is 5.56 Å². The van der Waals surface area contributed by atoms with Crippen molar-refractivity contribution in [2.45, 2.75) is 26.2 Å². The molecule has 120 valence electrons. The van der Waals surface area contributed by atoms with Gasteiger partial charge in [-0.05, 0) is 31.4 Å². The zero-order valence-electron chi connectivity index (χ0n) is 13.0. The molecule has 0 atom stereocenters. The predicted molar refractivity (Wildman–Crippen MR) is 80.7 cm³/mol. The Morgan fingerprint density at radius 2 is 2.00 bits per heavy atom. The van der Waals surface area contributed by atoms with Gasteiger partial charge in [0.25, 0.3) is 11.6 Å². The summed E-state index contributed by atoms with van der Waals surface area (Å²) in [6.07, 6.45) is 1.39. The highest BCUT2D eigenvalue weighted by molar-refractivity contribution is 5.98. The Balaban J connectivity index is 2.86. The normalized spacial score (nSPS) is 10.1. The van der Waals surface area contributed by atoms with Crippen LogP contribution < -0.4 is 0 Å². The van der Waals surface area contributed by atoms with E-state index < -0.39 is 10.8 Å². The molecule has 0 N–H and O–H groups in total. The number of carbonyl (C=O) groups is 2. The molecule has 1 rings (SSSR count). The number of hydrogen-bond acceptors (Lipinski definition) is 5. The Morgan fingerprint density at radius 1 is 1.32 bits per heavy atom. The van der Waals surface area contributed by atoms with Crippen molar-refractivity contribution in [3.63, 3.8) is 0 Å². The van der Waals surface area contributed by atoms with Gasteiger partial charge in [0.15, 0.2) is 0 Å². The van der Waals surface area contributed by atoms with E-state index in [0.29, 0.717) is 19.4 Å². The van der Waals surface area contributed by atoms with E-state index in [4.69, 9.17) is 4.74 Å². The largest absolute Gasteiger partial charge is 0.466 e. The molecule has 1 aromatic rings. The molecule has 0 heterocycles. The summed E-state index contributed by atoms with van der Waals surface area (Å²) in [5.74, 6) is -0.687. The highest BCUT2D eigenvalue weighted by Gasteiger charge is 2.21. The van der Waals surface area contributed by atoms with Gasteiger partial charge in [0, 0.05) is 26.6 Å². The number of aryl methyl sites for hydroxylation is 1. The van der Waals surface area contributed by atoms with E-state index in [1.807, 2.05) is 0 Å². The maximum absolute atomic E-state index is 12.0. The molecule has 0 bridgehead atoms. The van der Waals surface area contributed by atoms with Crippen LogP contribution in [0.25, 0.3) is 0 Å². The number of carbonyl (C=O) groups excluding carboxylic acids is 2. The zero-order valence-corrected chi connectivity index (χ0v) is 13.0. The van der Waals surface area contributed by atoms with Crippen molar-refractivity contribution in [3.8, 4) is 0 Å². The van der Waals surface area contributed by atoms with Crippen LogP contribution in [-0.2, 0) is 16.0 Å². The maximum Gasteiger partial charge on any atom is 0.305 e. The molecule has 0 aliphatic rings. The van der Waals surface area contributed by atoms with Gasteiger partial charge < -0.3 is 9.64 Å². The van der Waals surface area contributed by atoms with Crippen LogP contribution >= 0.6 is 0 Å². The van der Waals surface area contributed by atoms with Crippen LogP contribution in [0, 0.1) is 10.1 Å². The number of rotatable bonds is 7. The number of benzene rings is 1. The first-order chi connectivity index (χ1) is 10.4. The third kappa shape index (κ3) is 4.83. The molecule has 7 nitrogen and oxygen atoms in total. The summed E-state index contributed by atoms with van der Waals surface area (Å²) in [6.45, 7) is 2.09. The van der Waals surface area contributed by atoms with Crippen LogP contribution in [0.5, 0.6) is 0 Å². The van der Waals surface area contributed by atoms with E-state index in [0.717, 1.165) is 5.56 Å². The summed E-state index contributed by atoms with van der Waals surface area (Å²) in [4.78, 5) is 35.0. The van der Waals surface area contributed by atoms with Crippen molar-refractivity contribution in [3.05, 3.63) is 39.4 Å². The van der Waals surface area contributed by atoms with Crippen molar-refractivity contribution >= 4 is 17.6 Å². The van der Waals surface area contributed by atoms with Crippen LogP contribution in [-0.4, -0.2) is 42.4 Å². The molecule has 1 amide bonds. The number of nitro benzene ring substituents is 1. The smallest absolute Gasteiger partial charge is 0.305 e. The lowest BCUT2D eigenvalue weighted by molar-refractivity contribution is -0.385. The number of amides is 1. The monoisotopic (exact) mass is 308 g/mol. The first-order valence-corrected chi connectivity index (χ1v) is 7.01. The van der Waals surface area contributed by atoms with Crippen LogP contribution in [0.15, 0.2) is 18.2 Å². The third-order valence-corrected chi connectivity index (χ3v) is 3.05. The average molecular weight is 308 g/mol. The lowest BCUT2D eigenvalue weighted by atomic mass is 10.0. The Bertz CT molecular complexity index is 569. The lowest BCUT2D eigenvalue weighted by Crippen LogP contribution is -2.22. The quantitative estimate of drug-likeness (QED) is 0.437. The molecule has 0 aromatic heterocycles. The minimum absolute atomic E-state index is 0.0589. The van der Waals surface area contributed by atoms with E-state index in [1.165, 1.54) is 17.0 Å². The number of nitrogens with zero attached hydrogens (tertiary/aromatic N) is 2. The third-order valence-electron chi connectivity index (χ3n) is 3.05. The summed E-state index contributed by atoms with van der Waals surface area (Å²) < 4.78 is 4.83. The molecule has 0 saturated carbocycles. The molecule has 7 heteroatoms. The van der Waals surface area contributed by atoms with Crippen molar-refractivity contribution in [1.82, 2.24) is 4.90 Å². The van der Waals surface area contributed by atoms with Crippen LogP contribution in [0.2, 0.25) is 0 Å². The lowest BCUT2D eigenvalue weighted by Gasteiger charge is -2.11. The highest BCUT2D eigenvalue weighted by atomic mass is 16.6. The molecule has 0 saturated heterocycles. The van der Waals surface area contributed by atoms with Crippen LogP contribution in [0.4, 0.5) is 5.69 Å². The van der Waals surface area contributed by atoms with Gasteiger partial charge in [0.05, 0.1) is 11.5 Å². The first-order valence-electron chi connectivity index (χ1n) is 7.01. The van der Waals surface area contributed by atoms with Crippen molar-refractivity contribution in [1.29, 1.82) is 0 Å². The number of hydrogen-bond donors (Lipinski definition) is 0. The first kappa shape index (κ1) is 17.6. The van der Waals surface area contributed by atoms with Gasteiger partial charge in [-0.2, -0.15) is 0 Å². The van der Waals surface area contributed by atoms with Crippen molar-refractivity contribution in [2.75, 3.05) is 20.7 Å². The van der Waals surface area contributed by atoms with E-state index in [9.17, 15) is 19.7 Å². The highest BCUT2D eigenvalue weighted by Crippen LogP contribution is 2.22. The second kappa shape index (κ2) is 8.11. The molecule has 0 aliphatic carbocycles. The van der Waals surface area contributed by atoms with Crippen molar-refractivity contribution in [2.24, 2.45) is 0 Å².